The third-order valence-electron chi connectivity index (χ3n) is 3.00. The summed E-state index contributed by atoms with van der Waals surface area (Å²) in [7, 11) is -1.81. The van der Waals surface area contributed by atoms with E-state index >= 15 is 0 Å². The molecule has 1 aliphatic heterocycles. The summed E-state index contributed by atoms with van der Waals surface area (Å²) < 4.78 is 27.7. The summed E-state index contributed by atoms with van der Waals surface area (Å²) in [6.45, 7) is 1.16. The highest BCUT2D eigenvalue weighted by Gasteiger charge is 2.28. The number of aryl methyl sites for hydroxylation is 1. The normalized spacial score (nSPS) is 19.1. The van der Waals surface area contributed by atoms with Crippen molar-refractivity contribution in [2.75, 3.05) is 18.8 Å². The van der Waals surface area contributed by atoms with Gasteiger partial charge in [-0.15, -0.1) is 0 Å². The molecular weight excluding hydrogens is 240 g/mol. The van der Waals surface area contributed by atoms with Crippen LogP contribution in [-0.2, 0) is 17.1 Å². The maximum Gasteiger partial charge on any atom is 0.248 e. The number of hydrogen-bond donors (Lipinski definition) is 1. The molecule has 1 aliphatic rings. The maximum absolute atomic E-state index is 12.4. The van der Waals surface area contributed by atoms with E-state index in [-0.39, 0.29) is 10.7 Å². The first-order valence-electron chi connectivity index (χ1n) is 5.81. The molecule has 0 bridgehead atoms. The molecule has 2 rings (SSSR count). The number of hydrogen-bond acceptors (Lipinski definition) is 4. The van der Waals surface area contributed by atoms with E-state index in [0.717, 1.165) is 25.7 Å². The first-order valence-corrected chi connectivity index (χ1v) is 7.25. The Labute approximate surface area is 101 Å². The van der Waals surface area contributed by atoms with Gasteiger partial charge in [-0.1, -0.05) is 12.8 Å². The standard InChI is InChI=1S/C10H18N4O2S/c1-13-8-9(10(11)12-13)17(15,16)14-6-4-2-3-5-7-14/h8H,2-7H2,1H3,(H2,11,12). The van der Waals surface area contributed by atoms with Gasteiger partial charge >= 0.3 is 0 Å². The molecule has 0 atom stereocenters. The highest BCUT2D eigenvalue weighted by molar-refractivity contribution is 7.89. The molecule has 6 nitrogen and oxygen atoms in total. The summed E-state index contributed by atoms with van der Waals surface area (Å²) >= 11 is 0. The lowest BCUT2D eigenvalue weighted by Crippen LogP contribution is -2.32. The first-order chi connectivity index (χ1) is 8.01. The predicted molar refractivity (Wildman–Crippen MR) is 64.8 cm³/mol. The van der Waals surface area contributed by atoms with Crippen molar-refractivity contribution in [1.82, 2.24) is 14.1 Å². The van der Waals surface area contributed by atoms with E-state index in [1.165, 1.54) is 15.2 Å². The van der Waals surface area contributed by atoms with Gasteiger partial charge < -0.3 is 5.73 Å². The van der Waals surface area contributed by atoms with Crippen molar-refractivity contribution in [3.63, 3.8) is 0 Å². The minimum Gasteiger partial charge on any atom is -0.381 e. The number of nitrogens with two attached hydrogens (primary N) is 1. The van der Waals surface area contributed by atoms with E-state index in [0.29, 0.717) is 13.1 Å². The van der Waals surface area contributed by atoms with Crippen molar-refractivity contribution in [3.05, 3.63) is 6.20 Å². The van der Waals surface area contributed by atoms with E-state index < -0.39 is 10.0 Å². The summed E-state index contributed by atoms with van der Waals surface area (Å²) in [5, 5.41) is 3.88. The fourth-order valence-electron chi connectivity index (χ4n) is 2.10. The second-order valence-corrected chi connectivity index (χ2v) is 6.28. The Hall–Kier alpha value is -1.08. The largest absolute Gasteiger partial charge is 0.381 e. The Kier molecular flexibility index (Phi) is 3.39. The lowest BCUT2D eigenvalue weighted by molar-refractivity contribution is 0.424. The fraction of sp³-hybridized carbons (Fsp3) is 0.700. The maximum atomic E-state index is 12.4. The third kappa shape index (κ3) is 2.44. The van der Waals surface area contributed by atoms with Gasteiger partial charge in [0.15, 0.2) is 5.82 Å². The van der Waals surface area contributed by atoms with E-state index in [9.17, 15) is 8.42 Å². The zero-order valence-electron chi connectivity index (χ0n) is 9.96. The molecular formula is C10H18N4O2S. The lowest BCUT2D eigenvalue weighted by atomic mass is 10.2. The van der Waals surface area contributed by atoms with Crippen molar-refractivity contribution in [1.29, 1.82) is 0 Å². The van der Waals surface area contributed by atoms with Crippen LogP contribution in [0.25, 0.3) is 0 Å². The average Bonchev–Trinajstić information content (AvgIpc) is 2.52. The van der Waals surface area contributed by atoms with Gasteiger partial charge in [-0.3, -0.25) is 4.68 Å². The van der Waals surface area contributed by atoms with Gasteiger partial charge in [0.25, 0.3) is 0 Å². The Morgan fingerprint density at radius 3 is 2.29 bits per heavy atom. The molecule has 7 heteroatoms. The third-order valence-corrected chi connectivity index (χ3v) is 4.92. The minimum absolute atomic E-state index is 0.0803. The Bertz CT molecular complexity index is 486. The molecule has 1 saturated heterocycles. The quantitative estimate of drug-likeness (QED) is 0.840. The van der Waals surface area contributed by atoms with Gasteiger partial charge in [-0.05, 0) is 12.8 Å². The average molecular weight is 258 g/mol. The molecule has 2 heterocycles. The SMILES string of the molecule is Cn1cc(S(=O)(=O)N2CCCCCC2)c(N)n1. The summed E-state index contributed by atoms with van der Waals surface area (Å²) in [5.41, 5.74) is 5.64. The lowest BCUT2D eigenvalue weighted by Gasteiger charge is -2.18. The highest BCUT2D eigenvalue weighted by atomic mass is 32.2. The van der Waals surface area contributed by atoms with Gasteiger partial charge in [0, 0.05) is 26.3 Å². The van der Waals surface area contributed by atoms with Crippen LogP contribution >= 0.6 is 0 Å². The molecule has 0 saturated carbocycles. The van der Waals surface area contributed by atoms with Gasteiger partial charge in [0.05, 0.1) is 0 Å². The summed E-state index contributed by atoms with van der Waals surface area (Å²) in [5.74, 6) is 0.0803. The molecule has 0 unspecified atom stereocenters. The van der Waals surface area contributed by atoms with Crippen molar-refractivity contribution < 1.29 is 8.42 Å². The van der Waals surface area contributed by atoms with Crippen molar-refractivity contribution >= 4 is 15.8 Å². The topological polar surface area (TPSA) is 81.2 Å². The summed E-state index contributed by atoms with van der Waals surface area (Å²) in [6, 6.07) is 0. The molecule has 0 aliphatic carbocycles. The van der Waals surface area contributed by atoms with Gasteiger partial charge in [-0.25, -0.2) is 8.42 Å². The monoisotopic (exact) mass is 258 g/mol. The van der Waals surface area contributed by atoms with Gasteiger partial charge in [0.1, 0.15) is 4.90 Å². The highest BCUT2D eigenvalue weighted by Crippen LogP contribution is 2.23. The van der Waals surface area contributed by atoms with E-state index in [2.05, 4.69) is 5.10 Å². The van der Waals surface area contributed by atoms with Gasteiger partial charge in [-0.2, -0.15) is 9.40 Å². The van der Waals surface area contributed by atoms with Gasteiger partial charge in [0.2, 0.25) is 10.0 Å². The number of aromatic nitrogens is 2. The van der Waals surface area contributed by atoms with E-state index in [1.807, 2.05) is 0 Å². The second-order valence-electron chi connectivity index (χ2n) is 4.37. The van der Waals surface area contributed by atoms with E-state index in [1.54, 1.807) is 7.05 Å². The van der Waals surface area contributed by atoms with Crippen LogP contribution < -0.4 is 5.73 Å². The predicted octanol–water partition coefficient (Wildman–Crippen LogP) is 0.567. The van der Waals surface area contributed by atoms with Crippen LogP contribution in [0.1, 0.15) is 25.7 Å². The molecule has 1 fully saturated rings. The van der Waals surface area contributed by atoms with E-state index in [4.69, 9.17) is 5.73 Å². The number of sulfonamides is 1. The Morgan fingerprint density at radius 1 is 1.24 bits per heavy atom. The van der Waals surface area contributed by atoms with Crippen LogP contribution in [0.2, 0.25) is 0 Å². The zero-order chi connectivity index (χ0) is 12.5. The number of nitrogen functional groups attached to an aromatic ring is 1. The van der Waals surface area contributed by atoms with Crippen LogP contribution in [0.15, 0.2) is 11.1 Å². The number of nitrogens with zero attached hydrogens (tertiary/aromatic N) is 3. The molecule has 0 amide bonds. The van der Waals surface area contributed by atoms with Crippen LogP contribution in [0.3, 0.4) is 0 Å². The zero-order valence-corrected chi connectivity index (χ0v) is 10.8. The van der Waals surface area contributed by atoms with Crippen LogP contribution in [0, 0.1) is 0 Å². The Balaban J connectivity index is 2.31. The molecule has 2 N–H and O–H groups in total. The molecule has 0 aromatic carbocycles. The molecule has 0 spiro atoms. The van der Waals surface area contributed by atoms with Crippen molar-refractivity contribution in [3.8, 4) is 0 Å². The van der Waals surface area contributed by atoms with Crippen LogP contribution in [0.5, 0.6) is 0 Å². The second kappa shape index (κ2) is 4.66. The summed E-state index contributed by atoms with van der Waals surface area (Å²) in [4.78, 5) is 0.127. The molecule has 0 radical (unpaired) electrons. The first kappa shape index (κ1) is 12.4. The minimum atomic E-state index is -3.47. The molecule has 17 heavy (non-hydrogen) atoms. The van der Waals surface area contributed by atoms with Crippen LogP contribution in [-0.4, -0.2) is 35.6 Å². The Morgan fingerprint density at radius 2 is 1.82 bits per heavy atom. The fourth-order valence-corrected chi connectivity index (χ4v) is 3.71. The number of rotatable bonds is 2. The number of anilines is 1. The summed E-state index contributed by atoms with van der Waals surface area (Å²) in [6.07, 6.45) is 5.48. The van der Waals surface area contributed by atoms with Crippen LogP contribution in [0.4, 0.5) is 5.82 Å². The molecule has 96 valence electrons. The van der Waals surface area contributed by atoms with Crippen molar-refractivity contribution in [2.24, 2.45) is 7.05 Å². The molecule has 1 aromatic heterocycles. The van der Waals surface area contributed by atoms with Crippen molar-refractivity contribution in [2.45, 2.75) is 30.6 Å². The smallest absolute Gasteiger partial charge is 0.248 e. The molecule has 1 aromatic rings.